The van der Waals surface area contributed by atoms with Gasteiger partial charge in [0, 0.05) is 8.99 Å². The van der Waals surface area contributed by atoms with Gasteiger partial charge in [0.05, 0.1) is 15.2 Å². The van der Waals surface area contributed by atoms with Gasteiger partial charge in [-0.15, -0.1) is 11.3 Å². The van der Waals surface area contributed by atoms with Crippen LogP contribution in [-0.2, 0) is 5.41 Å². The molecule has 0 bridgehead atoms. The molecule has 2 aromatic rings. The first-order chi connectivity index (χ1) is 6.47. The average Bonchev–Trinajstić information content (AvgIpc) is 2.45. The third kappa shape index (κ3) is 1.93. The molecule has 3 heteroatoms. The number of benzene rings is 1. The number of thiazole rings is 1. The van der Waals surface area contributed by atoms with Crippen LogP contribution in [0.3, 0.4) is 0 Å². The molecule has 0 saturated heterocycles. The minimum absolute atomic E-state index is 0.162. The third-order valence-corrected chi connectivity index (χ3v) is 4.11. The number of nitrogens with zero attached hydrogens (tertiary/aromatic N) is 1. The lowest BCUT2D eigenvalue weighted by atomic mass is 9.98. The topological polar surface area (TPSA) is 12.9 Å². The van der Waals surface area contributed by atoms with E-state index in [1.165, 1.54) is 13.3 Å². The Bertz CT molecular complexity index is 468. The summed E-state index contributed by atoms with van der Waals surface area (Å²) in [6.07, 6.45) is 0. The molecule has 1 aromatic heterocycles. The van der Waals surface area contributed by atoms with Gasteiger partial charge in [-0.25, -0.2) is 4.98 Å². The van der Waals surface area contributed by atoms with Gasteiger partial charge < -0.3 is 0 Å². The van der Waals surface area contributed by atoms with Crippen LogP contribution in [0.5, 0.6) is 0 Å². The molecule has 1 heterocycles. The van der Waals surface area contributed by atoms with Crippen molar-refractivity contribution in [3.63, 3.8) is 0 Å². The van der Waals surface area contributed by atoms with Crippen molar-refractivity contribution in [2.45, 2.75) is 26.2 Å². The molecule has 0 atom stereocenters. The maximum absolute atomic E-state index is 4.64. The van der Waals surface area contributed by atoms with E-state index in [9.17, 15) is 0 Å². The average molecular weight is 317 g/mol. The SMILES string of the molecule is CC(C)(C)c1nc2ccc(I)cc2s1. The van der Waals surface area contributed by atoms with Crippen molar-refractivity contribution in [1.29, 1.82) is 0 Å². The zero-order chi connectivity index (χ0) is 10.3. The molecule has 1 aromatic carbocycles. The van der Waals surface area contributed by atoms with Gasteiger partial charge in [-0.1, -0.05) is 20.8 Å². The zero-order valence-corrected chi connectivity index (χ0v) is 11.4. The lowest BCUT2D eigenvalue weighted by Gasteiger charge is -2.13. The van der Waals surface area contributed by atoms with E-state index in [0.717, 1.165) is 5.52 Å². The zero-order valence-electron chi connectivity index (χ0n) is 8.47. The summed E-state index contributed by atoms with van der Waals surface area (Å²) >= 11 is 4.14. The molecule has 0 N–H and O–H groups in total. The molecule has 0 aliphatic heterocycles. The first-order valence-electron chi connectivity index (χ1n) is 4.53. The number of rotatable bonds is 0. The van der Waals surface area contributed by atoms with Crippen molar-refractivity contribution in [1.82, 2.24) is 4.98 Å². The molecule has 0 aliphatic carbocycles. The Morgan fingerprint density at radius 2 is 2.00 bits per heavy atom. The number of hydrogen-bond donors (Lipinski definition) is 0. The summed E-state index contributed by atoms with van der Waals surface area (Å²) in [6.45, 7) is 6.61. The standard InChI is InChI=1S/C11H12INS/c1-11(2,3)10-13-8-5-4-7(12)6-9(8)14-10/h4-6H,1-3H3. The lowest BCUT2D eigenvalue weighted by molar-refractivity contribution is 0.587. The van der Waals surface area contributed by atoms with Gasteiger partial charge in [0.15, 0.2) is 0 Å². The Morgan fingerprint density at radius 3 is 2.64 bits per heavy atom. The van der Waals surface area contributed by atoms with Crippen LogP contribution in [-0.4, -0.2) is 4.98 Å². The second kappa shape index (κ2) is 3.45. The van der Waals surface area contributed by atoms with E-state index in [2.05, 4.69) is 66.5 Å². The third-order valence-electron chi connectivity index (χ3n) is 1.99. The number of hydrogen-bond acceptors (Lipinski definition) is 2. The Hall–Kier alpha value is -0.160. The molecule has 2 rings (SSSR count). The molecule has 0 unspecified atom stereocenters. The molecule has 0 radical (unpaired) electrons. The van der Waals surface area contributed by atoms with Crippen LogP contribution >= 0.6 is 33.9 Å². The summed E-state index contributed by atoms with van der Waals surface area (Å²) in [6, 6.07) is 6.40. The summed E-state index contributed by atoms with van der Waals surface area (Å²) in [5, 5.41) is 1.22. The first-order valence-corrected chi connectivity index (χ1v) is 6.43. The van der Waals surface area contributed by atoms with Gasteiger partial charge in [-0.3, -0.25) is 0 Å². The molecular formula is C11H12INS. The Kier molecular flexibility index (Phi) is 2.55. The molecule has 0 aliphatic rings. The summed E-state index contributed by atoms with van der Waals surface area (Å²) in [5.41, 5.74) is 1.29. The lowest BCUT2D eigenvalue weighted by Crippen LogP contribution is -2.09. The molecule has 14 heavy (non-hydrogen) atoms. The Morgan fingerprint density at radius 1 is 1.29 bits per heavy atom. The van der Waals surface area contributed by atoms with Crippen molar-refractivity contribution in [2.24, 2.45) is 0 Å². The van der Waals surface area contributed by atoms with Crippen molar-refractivity contribution < 1.29 is 0 Å². The summed E-state index contributed by atoms with van der Waals surface area (Å²) in [4.78, 5) is 4.64. The summed E-state index contributed by atoms with van der Waals surface area (Å²) < 4.78 is 2.57. The fourth-order valence-corrected chi connectivity index (χ4v) is 2.98. The highest BCUT2D eigenvalue weighted by atomic mass is 127. The molecule has 74 valence electrons. The van der Waals surface area contributed by atoms with E-state index >= 15 is 0 Å². The van der Waals surface area contributed by atoms with E-state index in [0.29, 0.717) is 0 Å². The Labute approximate surface area is 102 Å². The second-order valence-corrected chi connectivity index (χ2v) is 6.66. The van der Waals surface area contributed by atoms with Crippen LogP contribution < -0.4 is 0 Å². The monoisotopic (exact) mass is 317 g/mol. The fraction of sp³-hybridized carbons (Fsp3) is 0.364. The molecule has 0 fully saturated rings. The number of halogens is 1. The maximum Gasteiger partial charge on any atom is 0.0992 e. The van der Waals surface area contributed by atoms with Gasteiger partial charge >= 0.3 is 0 Å². The minimum Gasteiger partial charge on any atom is -0.241 e. The van der Waals surface area contributed by atoms with Gasteiger partial charge in [0.1, 0.15) is 0 Å². The highest BCUT2D eigenvalue weighted by Crippen LogP contribution is 2.31. The molecule has 0 amide bonds. The smallest absolute Gasteiger partial charge is 0.0992 e. The molecule has 1 nitrogen and oxygen atoms in total. The quantitative estimate of drug-likeness (QED) is 0.664. The maximum atomic E-state index is 4.64. The van der Waals surface area contributed by atoms with E-state index in [1.807, 2.05) is 0 Å². The largest absolute Gasteiger partial charge is 0.241 e. The normalized spacial score (nSPS) is 12.3. The van der Waals surface area contributed by atoms with Crippen LogP contribution in [0.25, 0.3) is 10.2 Å². The highest BCUT2D eigenvalue weighted by Gasteiger charge is 2.18. The van der Waals surface area contributed by atoms with Crippen molar-refractivity contribution in [3.8, 4) is 0 Å². The number of aromatic nitrogens is 1. The van der Waals surface area contributed by atoms with Crippen LogP contribution in [0, 0.1) is 3.57 Å². The highest BCUT2D eigenvalue weighted by molar-refractivity contribution is 14.1. The molecule has 0 spiro atoms. The van der Waals surface area contributed by atoms with Gasteiger partial charge in [-0.2, -0.15) is 0 Å². The molecular weight excluding hydrogens is 305 g/mol. The van der Waals surface area contributed by atoms with Gasteiger partial charge in [-0.05, 0) is 40.8 Å². The van der Waals surface area contributed by atoms with E-state index in [1.54, 1.807) is 11.3 Å². The minimum atomic E-state index is 0.162. The predicted molar refractivity (Wildman–Crippen MR) is 71.0 cm³/mol. The van der Waals surface area contributed by atoms with Crippen LogP contribution in [0.15, 0.2) is 18.2 Å². The van der Waals surface area contributed by atoms with Gasteiger partial charge in [0.25, 0.3) is 0 Å². The number of fused-ring (bicyclic) bond motifs is 1. The van der Waals surface area contributed by atoms with Crippen LogP contribution in [0.4, 0.5) is 0 Å². The van der Waals surface area contributed by atoms with Crippen molar-refractivity contribution in [3.05, 3.63) is 26.8 Å². The van der Waals surface area contributed by atoms with Crippen LogP contribution in [0.1, 0.15) is 25.8 Å². The van der Waals surface area contributed by atoms with Gasteiger partial charge in [0.2, 0.25) is 0 Å². The summed E-state index contributed by atoms with van der Waals surface area (Å²) in [5.74, 6) is 0. The van der Waals surface area contributed by atoms with Crippen molar-refractivity contribution in [2.75, 3.05) is 0 Å². The second-order valence-electron chi connectivity index (χ2n) is 4.38. The van der Waals surface area contributed by atoms with E-state index in [4.69, 9.17) is 0 Å². The fourth-order valence-electron chi connectivity index (χ4n) is 1.22. The predicted octanol–water partition coefficient (Wildman–Crippen LogP) is 4.20. The van der Waals surface area contributed by atoms with Crippen molar-refractivity contribution >= 4 is 44.1 Å². The first kappa shape index (κ1) is 10.4. The van der Waals surface area contributed by atoms with Crippen LogP contribution in [0.2, 0.25) is 0 Å². The Balaban J connectivity index is 2.63. The van der Waals surface area contributed by atoms with E-state index in [-0.39, 0.29) is 5.41 Å². The van der Waals surface area contributed by atoms with E-state index < -0.39 is 0 Å². The molecule has 0 saturated carbocycles. The summed E-state index contributed by atoms with van der Waals surface area (Å²) in [7, 11) is 0.